The first kappa shape index (κ1) is 37.8. The number of nitrogens with zero attached hydrogens (tertiary/aromatic N) is 1. The molecule has 0 spiro atoms. The van der Waals surface area contributed by atoms with Gasteiger partial charge in [0.15, 0.2) is 0 Å². The van der Waals surface area contributed by atoms with E-state index in [-0.39, 0.29) is 22.8 Å². The molecule has 2 N–H and O–H groups in total. The molecule has 2 aromatic rings. The van der Waals surface area contributed by atoms with Crippen molar-refractivity contribution in [2.45, 2.75) is 127 Å². The van der Waals surface area contributed by atoms with Crippen LogP contribution >= 0.6 is 0 Å². The van der Waals surface area contributed by atoms with Gasteiger partial charge < -0.3 is 10.4 Å². The fourth-order valence-electron chi connectivity index (χ4n) is 4.85. The van der Waals surface area contributed by atoms with Crippen molar-refractivity contribution >= 4 is 11.7 Å². The van der Waals surface area contributed by atoms with Gasteiger partial charge in [-0.15, -0.1) is 0 Å². The third kappa shape index (κ3) is 10.2. The van der Waals surface area contributed by atoms with Crippen LogP contribution in [-0.4, -0.2) is 11.1 Å². The smallest absolute Gasteiger partial charge is 0.326 e. The molecule has 0 aliphatic carbocycles. The van der Waals surface area contributed by atoms with Crippen LogP contribution in [-0.2, 0) is 17.4 Å². The lowest BCUT2D eigenvalue weighted by Crippen LogP contribution is -2.40. The molecule has 2 aromatic carbocycles. The van der Waals surface area contributed by atoms with Crippen molar-refractivity contribution in [3.63, 3.8) is 0 Å². The van der Waals surface area contributed by atoms with E-state index in [1.165, 1.54) is 5.56 Å². The van der Waals surface area contributed by atoms with Crippen molar-refractivity contribution in [2.24, 2.45) is 5.92 Å². The SMILES string of the molecule is C=C/C=C(CC)\C(NC(=O)N(Cc1cc(C(C)(C)C)c(O)c(C(C)(C)C)c1)c1ccc(C(C)C)cc1)=C(/C)C(C)C.CC. The average Bonchev–Trinajstić information content (AvgIpc) is 2.93. The predicted octanol–water partition coefficient (Wildman–Crippen LogP) is 11.3. The van der Waals surface area contributed by atoms with Crippen LogP contribution in [0, 0.1) is 5.92 Å². The van der Waals surface area contributed by atoms with Crippen LogP contribution in [0.1, 0.15) is 132 Å². The molecule has 0 aliphatic rings. The lowest BCUT2D eigenvalue weighted by atomic mass is 9.78. The number of carbonyl (C=O) groups is 1. The lowest BCUT2D eigenvalue weighted by molar-refractivity contribution is 0.248. The number of allylic oxidation sites excluding steroid dienone is 4. The summed E-state index contributed by atoms with van der Waals surface area (Å²) < 4.78 is 0. The molecule has 0 radical (unpaired) electrons. The summed E-state index contributed by atoms with van der Waals surface area (Å²) in [5.74, 6) is 1.00. The molecular formula is C39H60N2O2. The summed E-state index contributed by atoms with van der Waals surface area (Å²) in [6.45, 7) is 33.7. The maximum atomic E-state index is 14.2. The van der Waals surface area contributed by atoms with E-state index in [0.717, 1.165) is 45.6 Å². The van der Waals surface area contributed by atoms with E-state index in [0.29, 0.717) is 18.2 Å². The number of phenolic OH excluding ortho intramolecular Hbond substituents is 1. The van der Waals surface area contributed by atoms with E-state index in [1.807, 2.05) is 37.0 Å². The summed E-state index contributed by atoms with van der Waals surface area (Å²) in [5.41, 5.74) is 7.29. The molecule has 0 fully saturated rings. The van der Waals surface area contributed by atoms with Gasteiger partial charge in [-0.25, -0.2) is 4.79 Å². The van der Waals surface area contributed by atoms with Gasteiger partial charge in [0.05, 0.1) is 6.54 Å². The molecule has 0 atom stereocenters. The van der Waals surface area contributed by atoms with E-state index in [9.17, 15) is 9.90 Å². The maximum absolute atomic E-state index is 14.2. The van der Waals surface area contributed by atoms with Crippen LogP contribution in [0.25, 0.3) is 0 Å². The molecule has 0 heterocycles. The molecule has 0 saturated heterocycles. The van der Waals surface area contributed by atoms with Crippen LogP contribution in [0.5, 0.6) is 5.75 Å². The van der Waals surface area contributed by atoms with Crippen LogP contribution in [0.3, 0.4) is 0 Å². The molecule has 4 nitrogen and oxygen atoms in total. The minimum absolute atomic E-state index is 0.191. The minimum atomic E-state index is -0.262. The monoisotopic (exact) mass is 588 g/mol. The van der Waals surface area contributed by atoms with Gasteiger partial charge >= 0.3 is 6.03 Å². The minimum Gasteiger partial charge on any atom is -0.507 e. The zero-order valence-corrected chi connectivity index (χ0v) is 29.7. The van der Waals surface area contributed by atoms with Crippen LogP contribution in [0.15, 0.2) is 72.0 Å². The van der Waals surface area contributed by atoms with Crippen LogP contribution in [0.2, 0.25) is 0 Å². The van der Waals surface area contributed by atoms with Crippen molar-refractivity contribution < 1.29 is 9.90 Å². The van der Waals surface area contributed by atoms with E-state index in [1.54, 1.807) is 6.08 Å². The number of aromatic hydroxyl groups is 1. The Morgan fingerprint density at radius 3 is 1.81 bits per heavy atom. The summed E-state index contributed by atoms with van der Waals surface area (Å²) in [7, 11) is 0. The van der Waals surface area contributed by atoms with Crippen molar-refractivity contribution in [1.82, 2.24) is 5.32 Å². The number of urea groups is 1. The van der Waals surface area contributed by atoms with Gasteiger partial charge in [-0.3, -0.25) is 4.90 Å². The number of amides is 2. The molecule has 0 aromatic heterocycles. The van der Waals surface area contributed by atoms with Crippen molar-refractivity contribution in [2.75, 3.05) is 4.90 Å². The van der Waals surface area contributed by atoms with Gasteiger partial charge in [-0.2, -0.15) is 0 Å². The fourth-order valence-corrected chi connectivity index (χ4v) is 4.85. The summed E-state index contributed by atoms with van der Waals surface area (Å²) >= 11 is 0. The van der Waals surface area contributed by atoms with Crippen molar-refractivity contribution in [1.29, 1.82) is 0 Å². The van der Waals surface area contributed by atoms with E-state index < -0.39 is 0 Å². The summed E-state index contributed by atoms with van der Waals surface area (Å²) in [5, 5.41) is 14.6. The Morgan fingerprint density at radius 2 is 1.44 bits per heavy atom. The van der Waals surface area contributed by atoms with Gasteiger partial charge in [-0.1, -0.05) is 121 Å². The van der Waals surface area contributed by atoms with Crippen LogP contribution in [0.4, 0.5) is 10.5 Å². The number of carbonyl (C=O) groups excluding carboxylic acids is 1. The highest BCUT2D eigenvalue weighted by atomic mass is 16.3. The quantitative estimate of drug-likeness (QED) is 0.286. The number of nitrogens with one attached hydrogen (secondary N) is 1. The third-order valence-corrected chi connectivity index (χ3v) is 7.76. The van der Waals surface area contributed by atoms with Gasteiger partial charge in [0, 0.05) is 11.4 Å². The van der Waals surface area contributed by atoms with Gasteiger partial charge in [0.1, 0.15) is 5.75 Å². The second kappa shape index (κ2) is 16.0. The summed E-state index contributed by atoms with van der Waals surface area (Å²) in [6.07, 6.45) is 4.53. The molecule has 2 amide bonds. The first-order chi connectivity index (χ1) is 19.9. The number of benzene rings is 2. The third-order valence-electron chi connectivity index (χ3n) is 7.76. The van der Waals surface area contributed by atoms with Crippen LogP contribution < -0.4 is 10.2 Å². The number of phenols is 1. The Labute approximate surface area is 264 Å². The Morgan fingerprint density at radius 1 is 0.953 bits per heavy atom. The van der Waals surface area contributed by atoms with E-state index in [2.05, 4.69) is 119 Å². The Balaban J connectivity index is 0.00000452. The standard InChI is InChI=1S/C37H54N2O2.C2H6/c1-14-16-28(15-2)33(26(7)24(3)4)38-35(41)39(30-19-17-29(18-20-30)25(5)6)23-27-21-31(36(8,9)10)34(40)32(22-27)37(11,12)13;1-2/h14,16-22,24-25,40H,1,15,23H2,2-13H3,(H,38,41);1-2H3/b28-16-,33-26-;. The second-order valence-electron chi connectivity index (χ2n) is 13.8. The van der Waals surface area contributed by atoms with E-state index in [4.69, 9.17) is 0 Å². The highest BCUT2D eigenvalue weighted by Gasteiger charge is 2.28. The Bertz CT molecular complexity index is 1240. The second-order valence-corrected chi connectivity index (χ2v) is 13.8. The Kier molecular flexibility index (Phi) is 14.0. The number of rotatable bonds is 9. The van der Waals surface area contributed by atoms with Gasteiger partial charge in [0.25, 0.3) is 0 Å². The molecule has 0 saturated carbocycles. The molecule has 43 heavy (non-hydrogen) atoms. The molecule has 4 heteroatoms. The van der Waals surface area contributed by atoms with Gasteiger partial charge in [0.2, 0.25) is 0 Å². The largest absolute Gasteiger partial charge is 0.507 e. The molecule has 0 bridgehead atoms. The molecule has 0 aliphatic heterocycles. The number of hydrogen-bond acceptors (Lipinski definition) is 2. The zero-order valence-electron chi connectivity index (χ0n) is 29.7. The first-order valence-electron chi connectivity index (χ1n) is 16.0. The highest BCUT2D eigenvalue weighted by molar-refractivity contribution is 5.93. The first-order valence-corrected chi connectivity index (χ1v) is 16.0. The molecule has 238 valence electrons. The maximum Gasteiger partial charge on any atom is 0.326 e. The average molecular weight is 589 g/mol. The van der Waals surface area contributed by atoms with Crippen molar-refractivity contribution in [3.8, 4) is 5.75 Å². The topological polar surface area (TPSA) is 52.6 Å². The fraction of sp³-hybridized carbons (Fsp3) is 0.513. The highest BCUT2D eigenvalue weighted by Crippen LogP contribution is 2.40. The zero-order chi connectivity index (χ0) is 33.3. The normalized spacial score (nSPS) is 12.9. The van der Waals surface area contributed by atoms with Crippen molar-refractivity contribution in [3.05, 3.63) is 94.2 Å². The number of hydrogen-bond donors (Lipinski definition) is 2. The predicted molar refractivity (Wildman–Crippen MR) is 188 cm³/mol. The summed E-state index contributed by atoms with van der Waals surface area (Å²) in [4.78, 5) is 16.0. The van der Waals surface area contributed by atoms with Gasteiger partial charge in [-0.05, 0) is 93.7 Å². The van der Waals surface area contributed by atoms with E-state index >= 15 is 0 Å². The Hall–Kier alpha value is -3.27. The molecule has 0 unspecified atom stereocenters. The number of anilines is 1. The molecular weight excluding hydrogens is 528 g/mol. The lowest BCUT2D eigenvalue weighted by Gasteiger charge is -2.30. The molecule has 2 rings (SSSR count). The summed E-state index contributed by atoms with van der Waals surface area (Å²) in [6, 6.07) is 12.2.